The van der Waals surface area contributed by atoms with Crippen LogP contribution in [0.5, 0.6) is 0 Å². The molecule has 7 heavy (non-hydrogen) atoms. The summed E-state index contributed by atoms with van der Waals surface area (Å²) >= 11 is 0. The molecule has 0 rings (SSSR count). The second-order valence-corrected chi connectivity index (χ2v) is 2.01. The van der Waals surface area contributed by atoms with Crippen molar-refractivity contribution in [2.45, 2.75) is 0 Å². The molecule has 36 valence electrons. The summed E-state index contributed by atoms with van der Waals surface area (Å²) in [6, 6.07) is -0.507. The molecule has 0 aliphatic carbocycles. The van der Waals surface area contributed by atoms with Crippen LogP contribution in [0.15, 0.2) is 0 Å². The van der Waals surface area contributed by atoms with E-state index in [9.17, 15) is 9.46 Å². The van der Waals surface area contributed by atoms with E-state index < -0.39 is 13.6 Å². The molecule has 4 nitrogen and oxygen atoms in total. The minimum Gasteiger partial charge on any atom is -0.773 e. The summed E-state index contributed by atoms with van der Waals surface area (Å²) < 4.78 is 9.22. The van der Waals surface area contributed by atoms with Crippen LogP contribution in [0, 0.1) is 0 Å². The molecule has 0 aromatic rings. The zero-order valence-corrected chi connectivity index (χ0v) is 6.59. The Balaban J connectivity index is 0. The molecule has 1 unspecified atom stereocenters. The van der Waals surface area contributed by atoms with Crippen molar-refractivity contribution in [1.82, 2.24) is 0 Å². The van der Waals surface area contributed by atoms with Gasteiger partial charge in [0.05, 0.1) is 0 Å². The fraction of sp³-hybridized carbons (Fsp3) is 0. The van der Waals surface area contributed by atoms with E-state index in [1.54, 1.807) is 0 Å². The molecule has 0 aromatic heterocycles. The maximum Gasteiger partial charge on any atom is 1.00 e. The van der Waals surface area contributed by atoms with Crippen molar-refractivity contribution in [2.24, 2.45) is 0 Å². The molecule has 0 fully saturated rings. The van der Waals surface area contributed by atoms with E-state index in [4.69, 9.17) is 9.69 Å². The van der Waals surface area contributed by atoms with Crippen LogP contribution in [0.25, 0.3) is 0 Å². The van der Waals surface area contributed by atoms with Gasteiger partial charge in [0.25, 0.3) is 0 Å². The summed E-state index contributed by atoms with van der Waals surface area (Å²) in [6.07, 6.45) is 0. The van der Waals surface area contributed by atoms with Crippen molar-refractivity contribution >= 4 is 13.6 Å². The average molecular weight is 132 g/mol. The molecule has 6 heteroatoms. The van der Waals surface area contributed by atoms with Crippen molar-refractivity contribution in [3.63, 3.8) is 0 Å². The molecule has 0 saturated carbocycles. The summed E-state index contributed by atoms with van der Waals surface area (Å²) in [5.41, 5.74) is 0. The molecule has 0 amide bonds. The van der Waals surface area contributed by atoms with Gasteiger partial charge in [-0.15, -0.1) is 0 Å². The van der Waals surface area contributed by atoms with Gasteiger partial charge in [0.2, 0.25) is 0 Å². The molecule has 1 N–H and O–H groups in total. The van der Waals surface area contributed by atoms with Crippen LogP contribution in [-0.2, 0) is 9.36 Å². The third-order valence-electron chi connectivity index (χ3n) is 0.133. The summed E-state index contributed by atoms with van der Waals surface area (Å²) in [7, 11) is -4.58. The van der Waals surface area contributed by atoms with E-state index in [1.165, 1.54) is 0 Å². The van der Waals surface area contributed by atoms with Gasteiger partial charge in [-0.25, -0.2) is 0 Å². The topological polar surface area (TPSA) is 77.4 Å². The van der Waals surface area contributed by atoms with Crippen LogP contribution in [-0.4, -0.2) is 10.9 Å². The number of hydrogen-bond acceptors (Lipinski definition) is 3. The summed E-state index contributed by atoms with van der Waals surface area (Å²) in [4.78, 5) is 25.7. The summed E-state index contributed by atoms with van der Waals surface area (Å²) in [5.74, 6) is 0. The number of rotatable bonds is 1. The minimum absolute atomic E-state index is 0. The first-order chi connectivity index (χ1) is 2.56. The number of carbonyl (C=O) groups excluding carboxylic acids is 1. The fourth-order valence-electron chi connectivity index (χ4n) is 0. The van der Waals surface area contributed by atoms with Crippen LogP contribution in [0.4, 0.5) is 0 Å². The van der Waals surface area contributed by atoms with Gasteiger partial charge in [0, 0.05) is 0 Å². The Labute approximate surface area is 62.4 Å². The third-order valence-corrected chi connectivity index (χ3v) is 0.400. The van der Waals surface area contributed by atoms with Gasteiger partial charge in [-0.2, -0.15) is 0 Å². The van der Waals surface area contributed by atoms with E-state index >= 15 is 0 Å². The van der Waals surface area contributed by atoms with Crippen LogP contribution in [0.3, 0.4) is 0 Å². The van der Waals surface area contributed by atoms with Crippen LogP contribution in [0.1, 0.15) is 0 Å². The predicted octanol–water partition coefficient (Wildman–Crippen LogP) is -4.27. The normalized spacial score (nSPS) is 16.3. The standard InChI is InChI=1S/CH3O4P.Na/c2-1-6(3,4)5;/h1H,(H2,3,4,5);/q;+1/p-1. The van der Waals surface area contributed by atoms with Crippen LogP contribution >= 0.6 is 7.60 Å². The first-order valence-corrected chi connectivity index (χ1v) is 2.71. The van der Waals surface area contributed by atoms with E-state index in [0.29, 0.717) is 0 Å². The molecule has 0 spiro atoms. The molecular weight excluding hydrogens is 130 g/mol. The predicted molar refractivity (Wildman–Crippen MR) is 16.6 cm³/mol. The monoisotopic (exact) mass is 132 g/mol. The number of carbonyl (C=O) groups is 1. The van der Waals surface area contributed by atoms with Gasteiger partial charge in [0.1, 0.15) is 0 Å². The first-order valence-electron chi connectivity index (χ1n) is 1.06. The minimum atomic E-state index is -4.58. The van der Waals surface area contributed by atoms with Crippen molar-refractivity contribution in [3.8, 4) is 0 Å². The van der Waals surface area contributed by atoms with Crippen LogP contribution < -0.4 is 34.5 Å². The molecule has 0 bridgehead atoms. The maximum absolute atomic E-state index is 9.22. The van der Waals surface area contributed by atoms with Crippen molar-refractivity contribution in [2.75, 3.05) is 0 Å². The van der Waals surface area contributed by atoms with Crippen molar-refractivity contribution in [3.05, 3.63) is 0 Å². The quantitative estimate of drug-likeness (QED) is 0.222. The zero-order chi connectivity index (χ0) is 5.21. The Morgan fingerprint density at radius 2 is 1.86 bits per heavy atom. The van der Waals surface area contributed by atoms with E-state index in [-0.39, 0.29) is 29.6 Å². The number of hydrogen-bond donors (Lipinski definition) is 1. The molecular formula is CH2NaO4P. The molecule has 0 aromatic carbocycles. The second-order valence-electron chi connectivity index (χ2n) is 0.670. The zero-order valence-electron chi connectivity index (χ0n) is 3.70. The Kier molecular flexibility index (Phi) is 5.79. The largest absolute Gasteiger partial charge is 1.00 e. The third kappa shape index (κ3) is 10.9. The molecule has 0 saturated heterocycles. The summed E-state index contributed by atoms with van der Waals surface area (Å²) in [5, 5.41) is 0. The Morgan fingerprint density at radius 1 is 1.71 bits per heavy atom. The molecule has 0 heterocycles. The van der Waals surface area contributed by atoms with Crippen molar-refractivity contribution in [1.29, 1.82) is 0 Å². The Bertz CT molecular complexity index is 93.9. The average Bonchev–Trinajstić information content (AvgIpc) is 1.35. The molecule has 0 aliphatic heterocycles. The second kappa shape index (κ2) is 3.78. The SMILES string of the molecule is O=CP(=O)([O-])O.[Na+]. The van der Waals surface area contributed by atoms with Gasteiger partial charge in [-0.1, -0.05) is 0 Å². The van der Waals surface area contributed by atoms with Gasteiger partial charge < -0.3 is 14.4 Å². The Hall–Kier alpha value is 0.820. The van der Waals surface area contributed by atoms with Gasteiger partial charge >= 0.3 is 29.6 Å². The smallest absolute Gasteiger partial charge is 0.773 e. The maximum atomic E-state index is 9.22. The molecule has 0 aliphatic rings. The fourth-order valence-corrected chi connectivity index (χ4v) is 0. The Morgan fingerprint density at radius 3 is 1.86 bits per heavy atom. The van der Waals surface area contributed by atoms with Crippen LogP contribution in [0.2, 0.25) is 0 Å². The van der Waals surface area contributed by atoms with E-state index in [2.05, 4.69) is 0 Å². The first kappa shape index (κ1) is 10.7. The van der Waals surface area contributed by atoms with Crippen molar-refractivity contribution < 1.29 is 48.7 Å². The summed E-state index contributed by atoms with van der Waals surface area (Å²) in [6.45, 7) is 0. The van der Waals surface area contributed by atoms with Gasteiger partial charge in [-0.3, -0.25) is 4.79 Å². The molecule has 0 radical (unpaired) electrons. The van der Waals surface area contributed by atoms with Gasteiger partial charge in [-0.05, 0) is 0 Å². The molecule has 1 atom stereocenters. The van der Waals surface area contributed by atoms with E-state index in [0.717, 1.165) is 0 Å². The van der Waals surface area contributed by atoms with Gasteiger partial charge in [0.15, 0.2) is 13.6 Å². The van der Waals surface area contributed by atoms with E-state index in [1.807, 2.05) is 0 Å².